The second-order valence-electron chi connectivity index (χ2n) is 4.45. The molecule has 0 aliphatic carbocycles. The SMILES string of the molecule is CCCCN1CCN(CCCC[O])CC1. The molecule has 1 rings (SSSR count). The number of hydrogen-bond acceptors (Lipinski definition) is 2. The summed E-state index contributed by atoms with van der Waals surface area (Å²) in [5.74, 6) is 0. The molecule has 0 atom stereocenters. The third kappa shape index (κ3) is 5.50. The minimum atomic E-state index is 0.0937. The normalized spacial score (nSPS) is 19.6. The van der Waals surface area contributed by atoms with Crippen LogP contribution < -0.4 is 0 Å². The molecule has 0 N–H and O–H groups in total. The van der Waals surface area contributed by atoms with Gasteiger partial charge in [0.1, 0.15) is 0 Å². The summed E-state index contributed by atoms with van der Waals surface area (Å²) in [6.45, 7) is 9.57. The molecule has 0 aromatic rings. The fraction of sp³-hybridized carbons (Fsp3) is 1.00. The minimum absolute atomic E-state index is 0.0937. The van der Waals surface area contributed by atoms with Gasteiger partial charge >= 0.3 is 0 Å². The topological polar surface area (TPSA) is 26.4 Å². The monoisotopic (exact) mass is 213 g/mol. The summed E-state index contributed by atoms with van der Waals surface area (Å²) in [6, 6.07) is 0. The maximum absolute atomic E-state index is 10.3. The van der Waals surface area contributed by atoms with Crippen LogP contribution in [0.15, 0.2) is 0 Å². The van der Waals surface area contributed by atoms with Gasteiger partial charge in [0.2, 0.25) is 0 Å². The Labute approximate surface area is 94.1 Å². The van der Waals surface area contributed by atoms with Gasteiger partial charge in [0, 0.05) is 26.2 Å². The molecular weight excluding hydrogens is 188 g/mol. The zero-order valence-electron chi connectivity index (χ0n) is 10.1. The van der Waals surface area contributed by atoms with E-state index in [9.17, 15) is 5.11 Å². The zero-order valence-corrected chi connectivity index (χ0v) is 10.1. The van der Waals surface area contributed by atoms with Crippen molar-refractivity contribution in [1.29, 1.82) is 0 Å². The largest absolute Gasteiger partial charge is 0.301 e. The van der Waals surface area contributed by atoms with Crippen molar-refractivity contribution < 1.29 is 5.11 Å². The van der Waals surface area contributed by atoms with E-state index in [1.54, 1.807) is 0 Å². The van der Waals surface area contributed by atoms with Crippen LogP contribution in [-0.4, -0.2) is 55.7 Å². The highest BCUT2D eigenvalue weighted by molar-refractivity contribution is 4.71. The molecule has 0 unspecified atom stereocenters. The number of nitrogens with zero attached hydrogens (tertiary/aromatic N) is 2. The predicted molar refractivity (Wildman–Crippen MR) is 62.6 cm³/mol. The van der Waals surface area contributed by atoms with Crippen LogP contribution in [0, 0.1) is 0 Å². The van der Waals surface area contributed by atoms with Crippen molar-refractivity contribution in [2.24, 2.45) is 0 Å². The van der Waals surface area contributed by atoms with Crippen molar-refractivity contribution in [2.45, 2.75) is 32.6 Å². The number of piperazine rings is 1. The van der Waals surface area contributed by atoms with Gasteiger partial charge in [-0.05, 0) is 32.4 Å². The van der Waals surface area contributed by atoms with Crippen LogP contribution in [0.2, 0.25) is 0 Å². The summed E-state index contributed by atoms with van der Waals surface area (Å²) >= 11 is 0. The molecule has 0 amide bonds. The van der Waals surface area contributed by atoms with Crippen molar-refractivity contribution in [2.75, 3.05) is 45.9 Å². The molecule has 89 valence electrons. The highest BCUT2D eigenvalue weighted by atomic mass is 16.2. The molecule has 15 heavy (non-hydrogen) atoms. The molecular formula is C12H25N2O. The Hall–Kier alpha value is -0.120. The summed E-state index contributed by atoms with van der Waals surface area (Å²) in [6.07, 6.45) is 4.55. The van der Waals surface area contributed by atoms with Gasteiger partial charge in [-0.2, -0.15) is 0 Å². The highest BCUT2D eigenvalue weighted by Crippen LogP contribution is 2.04. The first kappa shape index (κ1) is 12.9. The first-order valence-corrected chi connectivity index (χ1v) is 6.39. The van der Waals surface area contributed by atoms with Gasteiger partial charge < -0.3 is 9.80 Å². The van der Waals surface area contributed by atoms with Gasteiger partial charge in [0.05, 0.1) is 6.61 Å². The molecule has 3 heteroatoms. The fourth-order valence-electron chi connectivity index (χ4n) is 2.06. The lowest BCUT2D eigenvalue weighted by atomic mass is 10.2. The van der Waals surface area contributed by atoms with E-state index in [4.69, 9.17) is 0 Å². The van der Waals surface area contributed by atoms with Crippen LogP contribution in [0.25, 0.3) is 0 Å². The summed E-state index contributed by atoms with van der Waals surface area (Å²) in [4.78, 5) is 5.06. The summed E-state index contributed by atoms with van der Waals surface area (Å²) in [5.41, 5.74) is 0. The first-order chi connectivity index (χ1) is 7.36. The van der Waals surface area contributed by atoms with Crippen molar-refractivity contribution in [3.8, 4) is 0 Å². The van der Waals surface area contributed by atoms with Gasteiger partial charge in [-0.3, -0.25) is 0 Å². The van der Waals surface area contributed by atoms with Crippen LogP contribution in [-0.2, 0) is 5.11 Å². The van der Waals surface area contributed by atoms with Gasteiger partial charge in [0.15, 0.2) is 0 Å². The summed E-state index contributed by atoms with van der Waals surface area (Å²) in [5, 5.41) is 10.3. The van der Waals surface area contributed by atoms with E-state index in [1.165, 1.54) is 45.6 Å². The molecule has 1 fully saturated rings. The van der Waals surface area contributed by atoms with E-state index in [1.807, 2.05) is 0 Å². The van der Waals surface area contributed by atoms with E-state index in [0.29, 0.717) is 0 Å². The molecule has 1 saturated heterocycles. The van der Waals surface area contributed by atoms with Gasteiger partial charge in [-0.15, -0.1) is 0 Å². The predicted octanol–water partition coefficient (Wildman–Crippen LogP) is 1.61. The van der Waals surface area contributed by atoms with Gasteiger partial charge in [0.25, 0.3) is 0 Å². The summed E-state index contributed by atoms with van der Waals surface area (Å²) in [7, 11) is 0. The Balaban J connectivity index is 2.02. The number of rotatable bonds is 7. The summed E-state index contributed by atoms with van der Waals surface area (Å²) < 4.78 is 0. The van der Waals surface area contributed by atoms with Crippen molar-refractivity contribution in [1.82, 2.24) is 9.80 Å². The molecule has 0 aromatic carbocycles. The third-order valence-electron chi connectivity index (χ3n) is 3.16. The molecule has 1 aliphatic heterocycles. The van der Waals surface area contributed by atoms with E-state index in [-0.39, 0.29) is 6.61 Å². The van der Waals surface area contributed by atoms with Crippen LogP contribution in [0.4, 0.5) is 0 Å². The fourth-order valence-corrected chi connectivity index (χ4v) is 2.06. The Morgan fingerprint density at radius 2 is 1.40 bits per heavy atom. The lowest BCUT2D eigenvalue weighted by Gasteiger charge is -2.34. The first-order valence-electron chi connectivity index (χ1n) is 6.39. The van der Waals surface area contributed by atoms with E-state index in [2.05, 4.69) is 16.7 Å². The Bertz CT molecular complexity index is 145. The second-order valence-corrected chi connectivity index (χ2v) is 4.45. The quantitative estimate of drug-likeness (QED) is 0.601. The Kier molecular flexibility index (Phi) is 6.98. The van der Waals surface area contributed by atoms with Crippen molar-refractivity contribution in [3.63, 3.8) is 0 Å². The maximum atomic E-state index is 10.3. The maximum Gasteiger partial charge on any atom is 0.0822 e. The molecule has 1 aliphatic rings. The molecule has 0 spiro atoms. The van der Waals surface area contributed by atoms with Crippen LogP contribution in [0.5, 0.6) is 0 Å². The minimum Gasteiger partial charge on any atom is -0.301 e. The number of unbranched alkanes of at least 4 members (excludes halogenated alkanes) is 2. The molecule has 0 saturated carbocycles. The highest BCUT2D eigenvalue weighted by Gasteiger charge is 2.15. The zero-order chi connectivity index (χ0) is 10.9. The van der Waals surface area contributed by atoms with Crippen molar-refractivity contribution in [3.05, 3.63) is 0 Å². The number of hydrogen-bond donors (Lipinski definition) is 0. The molecule has 1 heterocycles. The Morgan fingerprint density at radius 1 is 0.867 bits per heavy atom. The van der Waals surface area contributed by atoms with Crippen LogP contribution in [0.3, 0.4) is 0 Å². The van der Waals surface area contributed by atoms with Gasteiger partial charge in [-0.1, -0.05) is 13.3 Å². The van der Waals surface area contributed by atoms with E-state index in [0.717, 1.165) is 19.4 Å². The Morgan fingerprint density at radius 3 is 1.87 bits per heavy atom. The third-order valence-corrected chi connectivity index (χ3v) is 3.16. The molecule has 3 nitrogen and oxygen atoms in total. The van der Waals surface area contributed by atoms with E-state index >= 15 is 0 Å². The van der Waals surface area contributed by atoms with Crippen LogP contribution >= 0.6 is 0 Å². The molecule has 0 bridgehead atoms. The average Bonchev–Trinajstić information content (AvgIpc) is 2.28. The lowest BCUT2D eigenvalue weighted by Crippen LogP contribution is -2.46. The second kappa shape index (κ2) is 8.08. The smallest absolute Gasteiger partial charge is 0.0822 e. The lowest BCUT2D eigenvalue weighted by molar-refractivity contribution is 0.123. The molecule has 0 aromatic heterocycles. The average molecular weight is 213 g/mol. The molecule has 1 radical (unpaired) electrons. The van der Waals surface area contributed by atoms with Crippen LogP contribution in [0.1, 0.15) is 32.6 Å². The standard InChI is InChI=1S/C12H25N2O/c1-2-3-6-13-8-10-14(11-9-13)7-4-5-12-15/h2-12H2,1H3. The van der Waals surface area contributed by atoms with E-state index < -0.39 is 0 Å². The van der Waals surface area contributed by atoms with Crippen molar-refractivity contribution >= 4 is 0 Å². The van der Waals surface area contributed by atoms with Gasteiger partial charge in [-0.25, -0.2) is 5.11 Å².